The zero-order chi connectivity index (χ0) is 14.3. The van der Waals surface area contributed by atoms with Gasteiger partial charge in [-0.25, -0.2) is 0 Å². The smallest absolute Gasteiger partial charge is 0.236 e. The standard InChI is InChI=1S/C16H32N2O/c1-5-18(6-2)15(19)12-17-13-16(11-14(3)4)9-7-8-10-16/h14,17H,5-13H2,1-4H3. The van der Waals surface area contributed by atoms with Crippen molar-refractivity contribution in [2.45, 2.75) is 59.8 Å². The summed E-state index contributed by atoms with van der Waals surface area (Å²) in [5, 5.41) is 3.43. The number of nitrogens with zero attached hydrogens (tertiary/aromatic N) is 1. The summed E-state index contributed by atoms with van der Waals surface area (Å²) >= 11 is 0. The number of carbonyl (C=O) groups is 1. The minimum Gasteiger partial charge on any atom is -0.342 e. The van der Waals surface area contributed by atoms with Crippen LogP contribution in [0.3, 0.4) is 0 Å². The largest absolute Gasteiger partial charge is 0.342 e. The molecule has 1 aliphatic rings. The van der Waals surface area contributed by atoms with Crippen LogP contribution in [0.1, 0.15) is 59.8 Å². The Bertz CT molecular complexity index is 266. The van der Waals surface area contributed by atoms with E-state index in [1.807, 2.05) is 18.7 Å². The van der Waals surface area contributed by atoms with E-state index in [9.17, 15) is 4.79 Å². The minimum absolute atomic E-state index is 0.239. The van der Waals surface area contributed by atoms with Crippen LogP contribution in [0.2, 0.25) is 0 Å². The first-order valence-corrected chi connectivity index (χ1v) is 8.01. The molecule has 0 aromatic heterocycles. The molecular formula is C16H32N2O. The summed E-state index contributed by atoms with van der Waals surface area (Å²) in [5.41, 5.74) is 0.456. The predicted octanol–water partition coefficient (Wildman–Crippen LogP) is 3.05. The molecule has 3 heteroatoms. The molecule has 0 bridgehead atoms. The van der Waals surface area contributed by atoms with Gasteiger partial charge in [0.2, 0.25) is 5.91 Å². The van der Waals surface area contributed by atoms with E-state index < -0.39 is 0 Å². The number of hydrogen-bond donors (Lipinski definition) is 1. The Labute approximate surface area is 119 Å². The van der Waals surface area contributed by atoms with E-state index in [4.69, 9.17) is 0 Å². The topological polar surface area (TPSA) is 32.3 Å². The Balaban J connectivity index is 2.38. The maximum atomic E-state index is 12.0. The lowest BCUT2D eigenvalue weighted by Gasteiger charge is -2.31. The molecule has 0 spiro atoms. The molecule has 1 amide bonds. The lowest BCUT2D eigenvalue weighted by atomic mass is 9.78. The van der Waals surface area contributed by atoms with E-state index in [1.165, 1.54) is 32.1 Å². The molecule has 1 N–H and O–H groups in total. The third-order valence-electron chi connectivity index (χ3n) is 4.40. The molecule has 3 nitrogen and oxygen atoms in total. The van der Waals surface area contributed by atoms with Crippen molar-refractivity contribution in [2.24, 2.45) is 11.3 Å². The first-order chi connectivity index (χ1) is 9.03. The molecular weight excluding hydrogens is 236 g/mol. The summed E-state index contributed by atoms with van der Waals surface area (Å²) in [6.45, 7) is 11.8. The Hall–Kier alpha value is -0.570. The van der Waals surface area contributed by atoms with E-state index >= 15 is 0 Å². The molecule has 1 fully saturated rings. The van der Waals surface area contributed by atoms with Crippen molar-refractivity contribution < 1.29 is 4.79 Å². The molecule has 19 heavy (non-hydrogen) atoms. The molecule has 1 saturated carbocycles. The molecule has 0 radical (unpaired) electrons. The fourth-order valence-electron chi connectivity index (χ4n) is 3.57. The summed E-state index contributed by atoms with van der Waals surface area (Å²) in [6, 6.07) is 0. The van der Waals surface area contributed by atoms with Crippen LogP contribution in [0, 0.1) is 11.3 Å². The highest BCUT2D eigenvalue weighted by atomic mass is 16.2. The lowest BCUT2D eigenvalue weighted by Crippen LogP contribution is -2.41. The van der Waals surface area contributed by atoms with Gasteiger partial charge in [0, 0.05) is 19.6 Å². The van der Waals surface area contributed by atoms with Gasteiger partial charge in [0.25, 0.3) is 0 Å². The van der Waals surface area contributed by atoms with E-state index in [2.05, 4.69) is 19.2 Å². The van der Waals surface area contributed by atoms with Crippen molar-refractivity contribution >= 4 is 5.91 Å². The molecule has 0 aromatic carbocycles. The number of carbonyl (C=O) groups excluding carboxylic acids is 1. The summed E-state index contributed by atoms with van der Waals surface area (Å²) in [5.74, 6) is 0.987. The van der Waals surface area contributed by atoms with E-state index in [-0.39, 0.29) is 5.91 Å². The van der Waals surface area contributed by atoms with E-state index in [0.29, 0.717) is 12.0 Å². The first-order valence-electron chi connectivity index (χ1n) is 8.01. The number of amides is 1. The van der Waals surface area contributed by atoms with Gasteiger partial charge in [0.15, 0.2) is 0 Å². The maximum absolute atomic E-state index is 12.0. The van der Waals surface area contributed by atoms with Crippen LogP contribution in [-0.4, -0.2) is 37.0 Å². The lowest BCUT2D eigenvalue weighted by molar-refractivity contribution is -0.129. The normalized spacial score (nSPS) is 17.9. The third kappa shape index (κ3) is 5.13. The molecule has 0 aliphatic heterocycles. The maximum Gasteiger partial charge on any atom is 0.236 e. The minimum atomic E-state index is 0.239. The van der Waals surface area contributed by atoms with Crippen LogP contribution in [0.5, 0.6) is 0 Å². The molecule has 112 valence electrons. The fraction of sp³-hybridized carbons (Fsp3) is 0.938. The zero-order valence-electron chi connectivity index (χ0n) is 13.3. The molecule has 0 saturated heterocycles. The van der Waals surface area contributed by atoms with Crippen LogP contribution in [0.25, 0.3) is 0 Å². The van der Waals surface area contributed by atoms with Gasteiger partial charge in [0.05, 0.1) is 6.54 Å². The fourth-order valence-corrected chi connectivity index (χ4v) is 3.57. The summed E-state index contributed by atoms with van der Waals surface area (Å²) < 4.78 is 0. The van der Waals surface area contributed by atoms with Gasteiger partial charge in [-0.15, -0.1) is 0 Å². The van der Waals surface area contributed by atoms with Crippen molar-refractivity contribution in [1.29, 1.82) is 0 Å². The molecule has 0 aromatic rings. The Morgan fingerprint density at radius 2 is 1.79 bits per heavy atom. The molecule has 0 atom stereocenters. The van der Waals surface area contributed by atoms with Gasteiger partial charge in [-0.1, -0.05) is 26.7 Å². The quantitative estimate of drug-likeness (QED) is 0.734. The first kappa shape index (κ1) is 16.5. The van der Waals surface area contributed by atoms with Crippen LogP contribution in [-0.2, 0) is 4.79 Å². The number of rotatable bonds is 8. The molecule has 1 aliphatic carbocycles. The van der Waals surface area contributed by atoms with Crippen molar-refractivity contribution in [3.63, 3.8) is 0 Å². The Morgan fingerprint density at radius 1 is 1.21 bits per heavy atom. The average molecular weight is 268 g/mol. The highest BCUT2D eigenvalue weighted by molar-refractivity contribution is 5.78. The van der Waals surface area contributed by atoms with Crippen molar-refractivity contribution in [3.8, 4) is 0 Å². The Kier molecular flexibility index (Phi) is 6.84. The van der Waals surface area contributed by atoms with Gasteiger partial charge in [-0.2, -0.15) is 0 Å². The van der Waals surface area contributed by atoms with Crippen molar-refractivity contribution in [1.82, 2.24) is 10.2 Å². The van der Waals surface area contributed by atoms with Crippen LogP contribution in [0.4, 0.5) is 0 Å². The average Bonchev–Trinajstić information content (AvgIpc) is 2.78. The summed E-state index contributed by atoms with van der Waals surface area (Å²) in [4.78, 5) is 13.9. The summed E-state index contributed by atoms with van der Waals surface area (Å²) in [6.07, 6.45) is 6.67. The predicted molar refractivity (Wildman–Crippen MR) is 81.2 cm³/mol. The number of nitrogens with one attached hydrogen (secondary N) is 1. The van der Waals surface area contributed by atoms with Gasteiger partial charge in [-0.05, 0) is 44.4 Å². The highest BCUT2D eigenvalue weighted by Crippen LogP contribution is 2.42. The number of likely N-dealkylation sites (N-methyl/N-ethyl adjacent to an activating group) is 1. The van der Waals surface area contributed by atoms with E-state index in [1.54, 1.807) is 0 Å². The van der Waals surface area contributed by atoms with Crippen molar-refractivity contribution in [3.05, 3.63) is 0 Å². The highest BCUT2D eigenvalue weighted by Gasteiger charge is 2.34. The van der Waals surface area contributed by atoms with Crippen molar-refractivity contribution in [2.75, 3.05) is 26.2 Å². The molecule has 0 unspecified atom stereocenters. The van der Waals surface area contributed by atoms with E-state index in [0.717, 1.165) is 25.6 Å². The van der Waals surface area contributed by atoms with Crippen LogP contribution < -0.4 is 5.32 Å². The number of hydrogen-bond acceptors (Lipinski definition) is 2. The second kappa shape index (κ2) is 7.88. The third-order valence-corrected chi connectivity index (χ3v) is 4.40. The SMILES string of the molecule is CCN(CC)C(=O)CNCC1(CC(C)C)CCCC1. The summed E-state index contributed by atoms with van der Waals surface area (Å²) in [7, 11) is 0. The second-order valence-corrected chi connectivity index (χ2v) is 6.47. The van der Waals surface area contributed by atoms with Gasteiger partial charge in [-0.3, -0.25) is 4.79 Å². The van der Waals surface area contributed by atoms with Crippen LogP contribution >= 0.6 is 0 Å². The second-order valence-electron chi connectivity index (χ2n) is 6.47. The van der Waals surface area contributed by atoms with Crippen LogP contribution in [0.15, 0.2) is 0 Å². The monoisotopic (exact) mass is 268 g/mol. The molecule has 1 rings (SSSR count). The zero-order valence-corrected chi connectivity index (χ0v) is 13.3. The van der Waals surface area contributed by atoms with Gasteiger partial charge < -0.3 is 10.2 Å². The molecule has 0 heterocycles. The van der Waals surface area contributed by atoms with Gasteiger partial charge in [0.1, 0.15) is 0 Å². The Morgan fingerprint density at radius 3 is 2.26 bits per heavy atom. The van der Waals surface area contributed by atoms with Gasteiger partial charge >= 0.3 is 0 Å².